The van der Waals surface area contributed by atoms with Gasteiger partial charge in [0.25, 0.3) is 0 Å². The third kappa shape index (κ3) is 12.6. The van der Waals surface area contributed by atoms with E-state index in [9.17, 15) is 50.1 Å². The highest BCUT2D eigenvalue weighted by Gasteiger charge is 2.81. The molecule has 5 aliphatic heterocycles. The molecule has 3 saturated carbocycles. The van der Waals surface area contributed by atoms with Crippen LogP contribution in [0.5, 0.6) is 0 Å². The standard InChI is InChI=1S/C62H98O26/c1-15-27(2)56(70)88-55-53(81-33(8)65)54-59(9)19-17-35(22-34(59)16-20-61(54,71)62(72)21-18-36(28(3)64)60(55,62)10)82-41-23-37(73-11)48(29(4)77-41)84-42-24-38(74-12)49(30(5)78-42)85-43-25-39(75-13)50(31(6)79-43)86-58-47(69)52(76-14)51(32(7)80-58)87-57-46(68)45(67)44(66)40(26-63)83-57/h15-16,29-32,35-55,57-58,63,66-69,71-72H,17-26H2,1-14H3/b27-15+/t29?,30?,31?,32?,35-,36+,37?,38?,39?,40?,41?,42?,43?,44?,45?,46?,47?,48?,49?,50?,51?,52?,53-,54?,55+,57?,58?,59-,60-,61-,62+/m0/s1. The second kappa shape index (κ2) is 27.7. The highest BCUT2D eigenvalue weighted by Crippen LogP contribution is 2.71. The van der Waals surface area contributed by atoms with Crippen LogP contribution in [0.15, 0.2) is 23.3 Å². The highest BCUT2D eigenvalue weighted by molar-refractivity contribution is 5.88. The third-order valence-corrected chi connectivity index (χ3v) is 21.3. The molecule has 0 radical (unpaired) electrons. The first-order valence-electron chi connectivity index (χ1n) is 31.2. The van der Waals surface area contributed by atoms with Crippen molar-refractivity contribution in [3.05, 3.63) is 23.3 Å². The van der Waals surface area contributed by atoms with E-state index < -0.39 is 200 Å². The Labute approximate surface area is 514 Å². The van der Waals surface area contributed by atoms with E-state index >= 15 is 0 Å². The number of methoxy groups -OCH3 is 4. The van der Waals surface area contributed by atoms with E-state index in [2.05, 4.69) is 0 Å². The lowest BCUT2D eigenvalue weighted by Crippen LogP contribution is -2.80. The van der Waals surface area contributed by atoms with Crippen LogP contribution in [0.4, 0.5) is 0 Å². The Bertz CT molecular complexity index is 2480. The number of aliphatic hydroxyl groups is 7. The van der Waals surface area contributed by atoms with Crippen molar-refractivity contribution < 1.29 is 126 Å². The smallest absolute Gasteiger partial charge is 0.333 e. The third-order valence-electron chi connectivity index (χ3n) is 21.3. The first kappa shape index (κ1) is 69.6. The van der Waals surface area contributed by atoms with Gasteiger partial charge in [0.1, 0.15) is 90.2 Å². The predicted molar refractivity (Wildman–Crippen MR) is 303 cm³/mol. The molecule has 0 amide bonds. The van der Waals surface area contributed by atoms with Crippen molar-refractivity contribution in [2.24, 2.45) is 22.7 Å². The zero-order valence-electron chi connectivity index (χ0n) is 53.2. The van der Waals surface area contributed by atoms with Crippen molar-refractivity contribution in [3.8, 4) is 0 Å². The van der Waals surface area contributed by atoms with Crippen molar-refractivity contribution in [1.82, 2.24) is 0 Å². The van der Waals surface area contributed by atoms with Crippen LogP contribution >= 0.6 is 0 Å². The average molecular weight is 1260 g/mol. The molecular weight excluding hydrogens is 1160 g/mol. The zero-order valence-corrected chi connectivity index (χ0v) is 53.2. The van der Waals surface area contributed by atoms with Crippen LogP contribution in [0.3, 0.4) is 0 Å². The maximum Gasteiger partial charge on any atom is 0.333 e. The van der Waals surface area contributed by atoms with Gasteiger partial charge < -0.3 is 112 Å². The zero-order chi connectivity index (χ0) is 64.3. The van der Waals surface area contributed by atoms with Crippen molar-refractivity contribution in [1.29, 1.82) is 0 Å². The lowest BCUT2D eigenvalue weighted by molar-refractivity contribution is -0.374. The maximum atomic E-state index is 13.7. The second-order valence-electron chi connectivity index (χ2n) is 26.3. The van der Waals surface area contributed by atoms with E-state index in [1.165, 1.54) is 28.1 Å². The number of carbonyl (C=O) groups excluding carboxylic acids is 3. The number of hydrogen-bond donors (Lipinski definition) is 7. The minimum atomic E-state index is -1.90. The average Bonchev–Trinajstić information content (AvgIpc) is 1.26. The molecule has 88 heavy (non-hydrogen) atoms. The van der Waals surface area contributed by atoms with E-state index in [-0.39, 0.29) is 44.0 Å². The molecule has 0 bridgehead atoms. The normalized spacial score (nSPS) is 49.8. The Hall–Kier alpha value is -2.75. The summed E-state index contributed by atoms with van der Waals surface area (Å²) < 4.78 is 99.8. The molecule has 26 nitrogen and oxygen atoms in total. The van der Waals surface area contributed by atoms with E-state index in [0.29, 0.717) is 31.3 Å². The topological polar surface area (TPSA) is 340 Å². The van der Waals surface area contributed by atoms with Crippen LogP contribution in [-0.4, -0.2) is 253 Å². The van der Waals surface area contributed by atoms with Gasteiger partial charge in [0.05, 0.1) is 55.4 Å². The number of carbonyl (C=O) groups is 3. The SMILES string of the molecule is C/C=C(\C)C(=O)O[C@@H]1[C@@H](OC(C)=O)C2[C@@]3(C)CC[C@H](OC4CC(OC)C(OC5CC(OC)C(OC6CC(OC)C(OC7OC(C)C(OC8OC(CO)C(O)C(O)C8O)C(OC)C7O)C(C)O6)C(C)O5)C(C)O4)CC3=CC[C@@]2(O)[C@@]2(O)CC[C@H](C(C)=O)[C@@]12C. The Morgan fingerprint density at radius 3 is 1.65 bits per heavy atom. The van der Waals surface area contributed by atoms with E-state index in [4.69, 9.17) is 75.8 Å². The first-order chi connectivity index (χ1) is 41.6. The number of aliphatic hydroxyl groups excluding tert-OH is 5. The van der Waals surface area contributed by atoms with Crippen LogP contribution in [0, 0.1) is 22.7 Å². The van der Waals surface area contributed by atoms with Gasteiger partial charge in [-0.05, 0) is 92.4 Å². The summed E-state index contributed by atoms with van der Waals surface area (Å²) in [7, 11) is 6.07. The molecule has 26 heteroatoms. The number of Topliss-reactive ketones (excluding diaryl/α,β-unsaturated/α-hetero) is 1. The minimum Gasteiger partial charge on any atom is -0.458 e. The summed E-state index contributed by atoms with van der Waals surface area (Å²) in [6.45, 7) is 16.2. The molecule has 5 saturated heterocycles. The van der Waals surface area contributed by atoms with Crippen molar-refractivity contribution in [2.75, 3.05) is 35.0 Å². The number of fused-ring (bicyclic) bond motifs is 5. The molecule has 4 aliphatic carbocycles. The van der Waals surface area contributed by atoms with Crippen LogP contribution < -0.4 is 0 Å². The van der Waals surface area contributed by atoms with Crippen molar-refractivity contribution in [3.63, 3.8) is 0 Å². The van der Waals surface area contributed by atoms with E-state index in [1.807, 2.05) is 26.8 Å². The number of esters is 2. The Kier molecular flexibility index (Phi) is 21.9. The number of rotatable bonds is 19. The summed E-state index contributed by atoms with van der Waals surface area (Å²) in [6, 6.07) is 0. The molecule has 31 atom stereocenters. The lowest BCUT2D eigenvalue weighted by atomic mass is 9.42. The molecule has 23 unspecified atom stereocenters. The molecule has 9 aliphatic rings. The fourth-order valence-corrected chi connectivity index (χ4v) is 16.4. The summed E-state index contributed by atoms with van der Waals surface area (Å²) in [5.74, 6) is -3.28. The molecule has 5 heterocycles. The van der Waals surface area contributed by atoms with Gasteiger partial charge in [0.15, 0.2) is 31.5 Å². The maximum absolute atomic E-state index is 13.7. The van der Waals surface area contributed by atoms with E-state index in [1.54, 1.807) is 54.9 Å². The number of hydrogen-bond acceptors (Lipinski definition) is 26. The Morgan fingerprint density at radius 1 is 0.614 bits per heavy atom. The van der Waals surface area contributed by atoms with E-state index in [0.717, 1.165) is 5.57 Å². The molecule has 0 aromatic heterocycles. The van der Waals surface area contributed by atoms with Crippen LogP contribution in [0.2, 0.25) is 0 Å². The fourth-order valence-electron chi connectivity index (χ4n) is 16.4. The lowest BCUT2D eigenvalue weighted by Gasteiger charge is -2.68. The largest absolute Gasteiger partial charge is 0.458 e. The minimum absolute atomic E-state index is 0.000909. The summed E-state index contributed by atoms with van der Waals surface area (Å²) in [6.07, 6.45) is -17.7. The van der Waals surface area contributed by atoms with Gasteiger partial charge in [-0.2, -0.15) is 0 Å². The number of allylic oxidation sites excluding steroid dienone is 1. The van der Waals surface area contributed by atoms with Crippen LogP contribution in [0.25, 0.3) is 0 Å². The van der Waals surface area contributed by atoms with Crippen LogP contribution in [0.1, 0.15) is 127 Å². The predicted octanol–water partition coefficient (Wildman–Crippen LogP) is 1.71. The summed E-state index contributed by atoms with van der Waals surface area (Å²) in [5, 5.41) is 78.8. The van der Waals surface area contributed by atoms with Gasteiger partial charge >= 0.3 is 11.9 Å². The van der Waals surface area contributed by atoms with Gasteiger partial charge in [-0.1, -0.05) is 31.6 Å². The van der Waals surface area contributed by atoms with Gasteiger partial charge in [0.2, 0.25) is 0 Å². The summed E-state index contributed by atoms with van der Waals surface area (Å²) >= 11 is 0. The molecule has 0 spiro atoms. The summed E-state index contributed by atoms with van der Waals surface area (Å²) in [4.78, 5) is 40.3. The molecule has 9 rings (SSSR count). The quantitative estimate of drug-likeness (QED) is 0.0550. The molecule has 0 aromatic carbocycles. The molecule has 502 valence electrons. The Morgan fingerprint density at radius 2 is 1.14 bits per heavy atom. The monoisotopic (exact) mass is 1260 g/mol. The fraction of sp³-hybridized carbons (Fsp3) is 0.887. The van der Waals surface area contributed by atoms with Crippen LogP contribution in [-0.2, 0) is 90.2 Å². The number of ketones is 1. The second-order valence-corrected chi connectivity index (χ2v) is 26.3. The molecule has 8 fully saturated rings. The summed E-state index contributed by atoms with van der Waals surface area (Å²) in [5.41, 5.74) is -4.92. The van der Waals surface area contributed by atoms with Crippen molar-refractivity contribution in [2.45, 2.75) is 292 Å². The molecule has 7 N–H and O–H groups in total. The van der Waals surface area contributed by atoms with Gasteiger partial charge in [-0.25, -0.2) is 4.79 Å². The molecular formula is C62H98O26. The van der Waals surface area contributed by atoms with Gasteiger partial charge in [-0.15, -0.1) is 0 Å². The van der Waals surface area contributed by atoms with Crippen molar-refractivity contribution >= 4 is 17.7 Å². The molecule has 0 aromatic rings. The van der Waals surface area contributed by atoms with Gasteiger partial charge in [-0.3, -0.25) is 9.59 Å². The van der Waals surface area contributed by atoms with Gasteiger partial charge in [0, 0.05) is 77.4 Å². The highest BCUT2D eigenvalue weighted by atomic mass is 16.8. The first-order valence-corrected chi connectivity index (χ1v) is 31.2. The number of ether oxygens (including phenoxy) is 16. The Balaban J connectivity index is 0.800.